The number of rotatable bonds is 13. The van der Waals surface area contributed by atoms with Crippen LogP contribution in [0.25, 0.3) is 0 Å². The molecule has 0 spiro atoms. The summed E-state index contributed by atoms with van der Waals surface area (Å²) in [5.74, 6) is -0.120. The molecule has 0 aliphatic heterocycles. The molecule has 0 unspecified atom stereocenters. The zero-order chi connectivity index (χ0) is 27.9. The van der Waals surface area contributed by atoms with Gasteiger partial charge >= 0.3 is 12.2 Å². The van der Waals surface area contributed by atoms with Crippen molar-refractivity contribution in [2.45, 2.75) is 57.2 Å². The van der Waals surface area contributed by atoms with Crippen LogP contribution in [0.5, 0.6) is 6.01 Å². The Morgan fingerprint density at radius 2 is 1.67 bits per heavy atom. The van der Waals surface area contributed by atoms with E-state index in [2.05, 4.69) is 37.8 Å². The number of nitrogens with zero attached hydrogens (tertiary/aromatic N) is 3. The number of alkyl halides is 3. The number of amides is 1. The molecular formula is C27H30ClF3N6O2. The SMILES string of the molecule is CCCCCCNC(=O)c1ccc(Nc2nc(NC3(c4ccc(Cl)cc4)CC3)nc(OCC(F)(F)F)n2)cc1. The molecule has 0 atom stereocenters. The average Bonchev–Trinajstić information content (AvgIpc) is 3.68. The lowest BCUT2D eigenvalue weighted by molar-refractivity contribution is -0.154. The molecule has 1 fully saturated rings. The molecule has 0 bridgehead atoms. The molecule has 0 saturated heterocycles. The molecule has 12 heteroatoms. The number of carbonyl (C=O) groups is 1. The van der Waals surface area contributed by atoms with Crippen molar-refractivity contribution < 1.29 is 22.7 Å². The van der Waals surface area contributed by atoms with Gasteiger partial charge in [-0.15, -0.1) is 0 Å². The Morgan fingerprint density at radius 3 is 2.31 bits per heavy atom. The van der Waals surface area contributed by atoms with Crippen LogP contribution >= 0.6 is 11.6 Å². The molecule has 0 radical (unpaired) electrons. The van der Waals surface area contributed by atoms with Crippen molar-refractivity contribution in [1.82, 2.24) is 20.3 Å². The van der Waals surface area contributed by atoms with Gasteiger partial charge in [-0.1, -0.05) is 49.9 Å². The number of hydrogen-bond acceptors (Lipinski definition) is 7. The molecule has 2 aromatic carbocycles. The van der Waals surface area contributed by atoms with E-state index in [1.54, 1.807) is 36.4 Å². The van der Waals surface area contributed by atoms with E-state index < -0.39 is 24.3 Å². The largest absolute Gasteiger partial charge is 0.454 e. The minimum Gasteiger partial charge on any atom is -0.454 e. The molecule has 1 aliphatic rings. The van der Waals surface area contributed by atoms with Crippen molar-refractivity contribution in [2.75, 3.05) is 23.8 Å². The molecule has 8 nitrogen and oxygen atoms in total. The fraction of sp³-hybridized carbons (Fsp3) is 0.407. The van der Waals surface area contributed by atoms with E-state index in [0.717, 1.165) is 44.1 Å². The van der Waals surface area contributed by atoms with Crippen LogP contribution in [0.1, 0.15) is 61.4 Å². The van der Waals surface area contributed by atoms with Crippen molar-refractivity contribution in [3.63, 3.8) is 0 Å². The molecule has 39 heavy (non-hydrogen) atoms. The molecule has 1 saturated carbocycles. The first-order valence-corrected chi connectivity index (χ1v) is 13.2. The topological polar surface area (TPSA) is 101 Å². The van der Waals surface area contributed by atoms with E-state index in [9.17, 15) is 18.0 Å². The van der Waals surface area contributed by atoms with Crippen LogP contribution in [0.15, 0.2) is 48.5 Å². The molecule has 4 rings (SSSR count). The van der Waals surface area contributed by atoms with Gasteiger partial charge in [-0.25, -0.2) is 0 Å². The third-order valence-electron chi connectivity index (χ3n) is 6.20. The smallest absolute Gasteiger partial charge is 0.422 e. The second-order valence-corrected chi connectivity index (χ2v) is 9.84. The predicted molar refractivity (Wildman–Crippen MR) is 144 cm³/mol. The average molecular weight is 563 g/mol. The van der Waals surface area contributed by atoms with E-state index in [1.807, 2.05) is 12.1 Å². The van der Waals surface area contributed by atoms with Crippen molar-refractivity contribution in [1.29, 1.82) is 0 Å². The Balaban J connectivity index is 1.47. The third-order valence-corrected chi connectivity index (χ3v) is 6.45. The molecule has 1 aliphatic carbocycles. The van der Waals surface area contributed by atoms with Crippen molar-refractivity contribution in [2.24, 2.45) is 0 Å². The number of anilines is 3. The van der Waals surface area contributed by atoms with Gasteiger partial charge in [0.1, 0.15) is 0 Å². The molecule has 3 aromatic rings. The van der Waals surface area contributed by atoms with Gasteiger partial charge in [0.25, 0.3) is 5.91 Å². The molecular weight excluding hydrogens is 533 g/mol. The fourth-order valence-corrected chi connectivity index (χ4v) is 4.09. The van der Waals surface area contributed by atoms with Gasteiger partial charge in [0.15, 0.2) is 6.61 Å². The quantitative estimate of drug-likeness (QED) is 0.201. The first kappa shape index (κ1) is 28.4. The van der Waals surface area contributed by atoms with E-state index in [4.69, 9.17) is 16.3 Å². The summed E-state index contributed by atoms with van der Waals surface area (Å²) < 4.78 is 43.2. The lowest BCUT2D eigenvalue weighted by Crippen LogP contribution is -2.24. The van der Waals surface area contributed by atoms with Crippen molar-refractivity contribution in [3.05, 3.63) is 64.7 Å². The summed E-state index contributed by atoms with van der Waals surface area (Å²) >= 11 is 6.01. The normalized spacial score (nSPS) is 14.0. The first-order chi connectivity index (χ1) is 18.7. The second kappa shape index (κ2) is 12.5. The highest BCUT2D eigenvalue weighted by Crippen LogP contribution is 2.48. The van der Waals surface area contributed by atoms with Crippen LogP contribution in [-0.4, -0.2) is 40.2 Å². The van der Waals surface area contributed by atoms with Crippen LogP contribution in [0, 0.1) is 0 Å². The maximum atomic E-state index is 12.8. The Labute approximate surface area is 229 Å². The minimum atomic E-state index is -4.55. The lowest BCUT2D eigenvalue weighted by Gasteiger charge is -2.19. The van der Waals surface area contributed by atoms with Gasteiger partial charge in [0.05, 0.1) is 5.54 Å². The Hall–Kier alpha value is -3.60. The molecule has 1 amide bonds. The summed E-state index contributed by atoms with van der Waals surface area (Å²) in [6, 6.07) is 13.4. The van der Waals surface area contributed by atoms with Gasteiger partial charge in [0.2, 0.25) is 11.9 Å². The summed E-state index contributed by atoms with van der Waals surface area (Å²) in [6.07, 6.45) is 1.26. The Kier molecular flexibility index (Phi) is 9.11. The highest BCUT2D eigenvalue weighted by molar-refractivity contribution is 6.30. The second-order valence-electron chi connectivity index (χ2n) is 9.40. The molecule has 3 N–H and O–H groups in total. The number of aromatic nitrogens is 3. The fourth-order valence-electron chi connectivity index (χ4n) is 3.96. The van der Waals surface area contributed by atoms with Crippen LogP contribution in [0.2, 0.25) is 5.02 Å². The minimum absolute atomic E-state index is 0.00953. The number of nitrogens with one attached hydrogen (secondary N) is 3. The van der Waals surface area contributed by atoms with E-state index in [-0.39, 0.29) is 17.8 Å². The van der Waals surface area contributed by atoms with Crippen LogP contribution in [0.3, 0.4) is 0 Å². The first-order valence-electron chi connectivity index (χ1n) is 12.8. The number of ether oxygens (including phenoxy) is 1. The number of halogens is 4. The van der Waals surface area contributed by atoms with Gasteiger partial charge in [-0.2, -0.15) is 28.1 Å². The van der Waals surface area contributed by atoms with Gasteiger partial charge in [0, 0.05) is 22.8 Å². The Morgan fingerprint density at radius 1 is 0.974 bits per heavy atom. The maximum absolute atomic E-state index is 12.8. The van der Waals surface area contributed by atoms with Gasteiger partial charge in [-0.05, 0) is 61.2 Å². The van der Waals surface area contributed by atoms with E-state index >= 15 is 0 Å². The monoisotopic (exact) mass is 562 g/mol. The Bertz CT molecular complexity index is 1250. The summed E-state index contributed by atoms with van der Waals surface area (Å²) in [4.78, 5) is 24.8. The van der Waals surface area contributed by atoms with Gasteiger partial charge in [-0.3, -0.25) is 4.79 Å². The number of carbonyl (C=O) groups excluding carboxylic acids is 1. The maximum Gasteiger partial charge on any atom is 0.422 e. The lowest BCUT2D eigenvalue weighted by atomic mass is 10.1. The number of benzene rings is 2. The highest BCUT2D eigenvalue weighted by atomic mass is 35.5. The standard InChI is InChI=1S/C27H30ClF3N6O2/c1-2-3-4-5-16-32-22(38)18-6-12-21(13-7-18)33-23-34-24(36-25(35-23)39-17-27(29,30)31)37-26(14-15-26)19-8-10-20(28)11-9-19/h6-13H,2-5,14-17H2,1H3,(H,32,38)(H2,33,34,35,36,37). The van der Waals surface area contributed by atoms with Gasteiger partial charge < -0.3 is 20.7 Å². The molecule has 1 heterocycles. The third kappa shape index (κ3) is 8.44. The summed E-state index contributed by atoms with van der Waals surface area (Å²) in [5, 5.41) is 9.67. The van der Waals surface area contributed by atoms with Crippen LogP contribution in [0.4, 0.5) is 30.8 Å². The van der Waals surface area contributed by atoms with Crippen LogP contribution in [-0.2, 0) is 5.54 Å². The molecule has 208 valence electrons. The number of unbranched alkanes of at least 4 members (excludes halogenated alkanes) is 3. The van der Waals surface area contributed by atoms with Crippen molar-refractivity contribution in [3.8, 4) is 6.01 Å². The zero-order valence-corrected chi connectivity index (χ0v) is 22.2. The molecule has 1 aromatic heterocycles. The highest BCUT2D eigenvalue weighted by Gasteiger charge is 2.45. The zero-order valence-electron chi connectivity index (χ0n) is 21.4. The van der Waals surface area contributed by atoms with E-state index in [0.29, 0.717) is 22.8 Å². The van der Waals surface area contributed by atoms with Crippen molar-refractivity contribution >= 4 is 35.1 Å². The van der Waals surface area contributed by atoms with E-state index in [1.165, 1.54) is 0 Å². The number of hydrogen-bond donors (Lipinski definition) is 3. The summed E-state index contributed by atoms with van der Waals surface area (Å²) in [7, 11) is 0. The predicted octanol–water partition coefficient (Wildman–Crippen LogP) is 6.62. The summed E-state index contributed by atoms with van der Waals surface area (Å²) in [5.41, 5.74) is 1.52. The summed E-state index contributed by atoms with van der Waals surface area (Å²) in [6.45, 7) is 1.20. The van der Waals surface area contributed by atoms with Crippen LogP contribution < -0.4 is 20.7 Å².